The summed E-state index contributed by atoms with van der Waals surface area (Å²) in [5.74, 6) is 2.85. The second-order valence-electron chi connectivity index (χ2n) is 3.44. The van der Waals surface area contributed by atoms with Crippen LogP contribution in [0.3, 0.4) is 0 Å². The standard InChI is InChI=1S/C12H18O3/c1-3-5-6-7-9-10(8-4-2)11(13)12(14)15/h10H,3-6,8H2,1-2H3,(H,14,15). The van der Waals surface area contributed by atoms with Crippen molar-refractivity contribution in [2.45, 2.75) is 46.0 Å². The minimum atomic E-state index is -1.38. The maximum absolute atomic E-state index is 11.2. The van der Waals surface area contributed by atoms with Crippen molar-refractivity contribution in [3.63, 3.8) is 0 Å². The first-order valence-corrected chi connectivity index (χ1v) is 5.39. The van der Waals surface area contributed by atoms with E-state index in [1.807, 2.05) is 6.92 Å². The molecule has 0 saturated carbocycles. The first kappa shape index (κ1) is 13.7. The summed E-state index contributed by atoms with van der Waals surface area (Å²) in [7, 11) is 0. The van der Waals surface area contributed by atoms with Gasteiger partial charge >= 0.3 is 5.97 Å². The molecule has 0 aliphatic heterocycles. The van der Waals surface area contributed by atoms with E-state index in [-0.39, 0.29) is 0 Å². The number of carboxylic acid groups (broad SMARTS) is 1. The van der Waals surface area contributed by atoms with Crippen LogP contribution < -0.4 is 0 Å². The number of hydrogen-bond donors (Lipinski definition) is 1. The van der Waals surface area contributed by atoms with Gasteiger partial charge in [-0.3, -0.25) is 4.79 Å². The van der Waals surface area contributed by atoms with Crippen LogP contribution in [0.5, 0.6) is 0 Å². The normalized spacial score (nSPS) is 11.3. The topological polar surface area (TPSA) is 54.4 Å². The molecule has 0 heterocycles. The Bertz CT molecular complexity index is 270. The average molecular weight is 210 g/mol. The van der Waals surface area contributed by atoms with Crippen molar-refractivity contribution in [1.29, 1.82) is 0 Å². The van der Waals surface area contributed by atoms with Gasteiger partial charge in [0.25, 0.3) is 5.78 Å². The second kappa shape index (κ2) is 8.05. The fraction of sp³-hybridized carbons (Fsp3) is 0.667. The van der Waals surface area contributed by atoms with Crippen LogP contribution >= 0.6 is 0 Å². The molecule has 0 rings (SSSR count). The summed E-state index contributed by atoms with van der Waals surface area (Å²) in [6.07, 6.45) is 4.09. The van der Waals surface area contributed by atoms with Crippen LogP contribution in [-0.4, -0.2) is 16.9 Å². The predicted octanol–water partition coefficient (Wildman–Crippen LogP) is 2.25. The number of hydrogen-bond acceptors (Lipinski definition) is 2. The molecule has 0 aliphatic rings. The monoisotopic (exact) mass is 210 g/mol. The lowest BCUT2D eigenvalue weighted by molar-refractivity contribution is -0.150. The molecular formula is C12H18O3. The van der Waals surface area contributed by atoms with Gasteiger partial charge in [0.1, 0.15) is 0 Å². The van der Waals surface area contributed by atoms with Crippen molar-refractivity contribution in [2.24, 2.45) is 5.92 Å². The van der Waals surface area contributed by atoms with Crippen LogP contribution in [0, 0.1) is 17.8 Å². The van der Waals surface area contributed by atoms with E-state index < -0.39 is 17.7 Å². The van der Waals surface area contributed by atoms with Crippen LogP contribution in [0.1, 0.15) is 46.0 Å². The summed E-state index contributed by atoms with van der Waals surface area (Å²) in [6.45, 7) is 3.98. The highest BCUT2D eigenvalue weighted by molar-refractivity contribution is 6.34. The van der Waals surface area contributed by atoms with E-state index in [2.05, 4.69) is 18.8 Å². The molecule has 1 N–H and O–H groups in total. The van der Waals surface area contributed by atoms with Gasteiger partial charge in [-0.1, -0.05) is 32.6 Å². The minimum absolute atomic E-state index is 0.532. The summed E-state index contributed by atoms with van der Waals surface area (Å²) < 4.78 is 0. The molecule has 0 aromatic carbocycles. The lowest BCUT2D eigenvalue weighted by atomic mass is 9.99. The van der Waals surface area contributed by atoms with Crippen LogP contribution in [0.15, 0.2) is 0 Å². The Labute approximate surface area is 90.9 Å². The second-order valence-corrected chi connectivity index (χ2v) is 3.44. The van der Waals surface area contributed by atoms with E-state index in [0.717, 1.165) is 25.7 Å². The Morgan fingerprint density at radius 1 is 1.27 bits per heavy atom. The van der Waals surface area contributed by atoms with Crippen LogP contribution in [0.4, 0.5) is 0 Å². The molecule has 0 radical (unpaired) electrons. The number of Topliss-reactive ketones (excluding diaryl/α,β-unsaturated/α-hetero) is 1. The third-order valence-electron chi connectivity index (χ3n) is 2.04. The van der Waals surface area contributed by atoms with Crippen molar-refractivity contribution >= 4 is 11.8 Å². The molecule has 15 heavy (non-hydrogen) atoms. The Hall–Kier alpha value is -1.30. The summed E-state index contributed by atoms with van der Waals surface area (Å²) in [5, 5.41) is 8.56. The minimum Gasteiger partial charge on any atom is -0.475 e. The van der Waals surface area contributed by atoms with Gasteiger partial charge in [-0.15, -0.1) is 5.92 Å². The van der Waals surface area contributed by atoms with E-state index in [9.17, 15) is 9.59 Å². The highest BCUT2D eigenvalue weighted by atomic mass is 16.4. The third-order valence-corrected chi connectivity index (χ3v) is 2.04. The van der Waals surface area contributed by atoms with Gasteiger partial charge in [0.2, 0.25) is 0 Å². The molecule has 1 unspecified atom stereocenters. The van der Waals surface area contributed by atoms with Gasteiger partial charge in [-0.25, -0.2) is 4.79 Å². The number of unbranched alkanes of at least 4 members (excludes halogenated alkanes) is 2. The number of aliphatic carboxylic acids is 1. The molecule has 0 amide bonds. The summed E-state index contributed by atoms with van der Waals surface area (Å²) in [5.41, 5.74) is 0. The summed E-state index contributed by atoms with van der Waals surface area (Å²) in [4.78, 5) is 21.7. The van der Waals surface area contributed by atoms with Crippen molar-refractivity contribution in [1.82, 2.24) is 0 Å². The largest absolute Gasteiger partial charge is 0.475 e. The molecule has 3 heteroatoms. The first-order valence-electron chi connectivity index (χ1n) is 5.39. The van der Waals surface area contributed by atoms with E-state index in [0.29, 0.717) is 6.42 Å². The maximum Gasteiger partial charge on any atom is 0.373 e. The molecule has 1 atom stereocenters. The smallest absolute Gasteiger partial charge is 0.373 e. The van der Waals surface area contributed by atoms with E-state index >= 15 is 0 Å². The van der Waals surface area contributed by atoms with Gasteiger partial charge in [0.15, 0.2) is 0 Å². The number of ketones is 1. The van der Waals surface area contributed by atoms with E-state index in [4.69, 9.17) is 5.11 Å². The van der Waals surface area contributed by atoms with Gasteiger partial charge in [0.05, 0.1) is 5.92 Å². The molecule has 0 aromatic rings. The highest BCUT2D eigenvalue weighted by Crippen LogP contribution is 2.07. The van der Waals surface area contributed by atoms with Crippen molar-refractivity contribution in [2.75, 3.05) is 0 Å². The maximum atomic E-state index is 11.2. The van der Waals surface area contributed by atoms with E-state index in [1.54, 1.807) is 0 Å². The van der Waals surface area contributed by atoms with Crippen molar-refractivity contribution in [3.05, 3.63) is 0 Å². The molecule has 0 spiro atoms. The molecule has 0 aromatic heterocycles. The first-order chi connectivity index (χ1) is 7.13. The van der Waals surface area contributed by atoms with Crippen LogP contribution in [0.25, 0.3) is 0 Å². The third kappa shape index (κ3) is 5.90. The lowest BCUT2D eigenvalue weighted by Gasteiger charge is -2.03. The SMILES string of the molecule is CCCCC#CC(CCC)C(=O)C(=O)O. The van der Waals surface area contributed by atoms with Crippen molar-refractivity contribution < 1.29 is 14.7 Å². The van der Waals surface area contributed by atoms with Crippen LogP contribution in [0.2, 0.25) is 0 Å². The summed E-state index contributed by atoms with van der Waals surface area (Å²) in [6, 6.07) is 0. The number of carboxylic acids is 1. The number of carbonyl (C=O) groups is 2. The zero-order chi connectivity index (χ0) is 11.7. The number of rotatable bonds is 6. The molecule has 3 nitrogen and oxygen atoms in total. The Balaban J connectivity index is 4.30. The molecule has 84 valence electrons. The summed E-state index contributed by atoms with van der Waals surface area (Å²) >= 11 is 0. The number of carbonyl (C=O) groups excluding carboxylic acids is 1. The van der Waals surface area contributed by atoms with Gasteiger partial charge in [0, 0.05) is 6.42 Å². The van der Waals surface area contributed by atoms with E-state index in [1.165, 1.54) is 0 Å². The Morgan fingerprint density at radius 3 is 2.40 bits per heavy atom. The molecule has 0 bridgehead atoms. The highest BCUT2D eigenvalue weighted by Gasteiger charge is 2.21. The fourth-order valence-corrected chi connectivity index (χ4v) is 1.17. The van der Waals surface area contributed by atoms with Crippen LogP contribution in [-0.2, 0) is 9.59 Å². The van der Waals surface area contributed by atoms with Crippen molar-refractivity contribution in [3.8, 4) is 11.8 Å². The molecule has 0 aliphatic carbocycles. The predicted molar refractivity (Wildman–Crippen MR) is 58.3 cm³/mol. The fourth-order valence-electron chi connectivity index (χ4n) is 1.17. The molecule has 0 fully saturated rings. The Morgan fingerprint density at radius 2 is 1.93 bits per heavy atom. The molecule has 0 saturated heterocycles. The molecular weight excluding hydrogens is 192 g/mol. The zero-order valence-corrected chi connectivity index (χ0v) is 9.38. The lowest BCUT2D eigenvalue weighted by Crippen LogP contribution is -2.22. The van der Waals surface area contributed by atoms with Gasteiger partial charge in [-0.2, -0.15) is 0 Å². The van der Waals surface area contributed by atoms with Gasteiger partial charge < -0.3 is 5.11 Å². The Kier molecular flexibility index (Phi) is 7.35. The van der Waals surface area contributed by atoms with Gasteiger partial charge in [-0.05, 0) is 12.8 Å². The zero-order valence-electron chi connectivity index (χ0n) is 9.38. The average Bonchev–Trinajstić information content (AvgIpc) is 2.21. The quantitative estimate of drug-likeness (QED) is 0.415.